The number of hydrogen-bond acceptors (Lipinski definition) is 6. The van der Waals surface area contributed by atoms with Crippen molar-refractivity contribution in [3.05, 3.63) is 17.1 Å². The van der Waals surface area contributed by atoms with Gasteiger partial charge in [-0.2, -0.15) is 0 Å². The highest BCUT2D eigenvalue weighted by molar-refractivity contribution is 7.18. The highest BCUT2D eigenvalue weighted by Crippen LogP contribution is 2.29. The lowest BCUT2D eigenvalue weighted by atomic mass is 10.2. The molecule has 0 aliphatic heterocycles. The van der Waals surface area contributed by atoms with Gasteiger partial charge in [0.25, 0.3) is 0 Å². The van der Waals surface area contributed by atoms with Crippen LogP contribution in [-0.2, 0) is 9.53 Å². The molecule has 0 amide bonds. The fourth-order valence-corrected chi connectivity index (χ4v) is 2.80. The van der Waals surface area contributed by atoms with Crippen LogP contribution in [0.2, 0.25) is 0 Å². The second kappa shape index (κ2) is 6.56. The maximum atomic E-state index is 11.2. The Morgan fingerprint density at radius 3 is 3.05 bits per heavy atom. The summed E-state index contributed by atoms with van der Waals surface area (Å²) < 4.78 is 5.97. The maximum absolute atomic E-state index is 11.2. The van der Waals surface area contributed by atoms with Crippen LogP contribution in [0.25, 0.3) is 10.2 Å². The predicted octanol–water partition coefficient (Wildman–Crippen LogP) is 2.94. The standard InChI is InChI=1S/C14H19N3O2S/c1-3-19-14(18)5-4-6-16-11-8-12-13(7-10(11)15)20-9(2)17-12/h7-8,16H,3-6,15H2,1-2H3. The summed E-state index contributed by atoms with van der Waals surface area (Å²) >= 11 is 1.63. The quantitative estimate of drug-likeness (QED) is 0.486. The summed E-state index contributed by atoms with van der Waals surface area (Å²) in [6.07, 6.45) is 1.13. The molecule has 108 valence electrons. The van der Waals surface area contributed by atoms with E-state index in [1.165, 1.54) is 0 Å². The number of rotatable bonds is 6. The summed E-state index contributed by atoms with van der Waals surface area (Å²) in [4.78, 5) is 15.7. The van der Waals surface area contributed by atoms with E-state index in [0.29, 0.717) is 31.7 Å². The monoisotopic (exact) mass is 293 g/mol. The van der Waals surface area contributed by atoms with E-state index < -0.39 is 0 Å². The molecule has 3 N–H and O–H groups in total. The number of nitrogen functional groups attached to an aromatic ring is 1. The normalized spacial score (nSPS) is 10.7. The van der Waals surface area contributed by atoms with Crippen molar-refractivity contribution >= 4 is 38.9 Å². The topological polar surface area (TPSA) is 77.2 Å². The number of hydrogen-bond donors (Lipinski definition) is 2. The number of carbonyl (C=O) groups excluding carboxylic acids is 1. The van der Waals surface area contributed by atoms with Gasteiger partial charge in [0.2, 0.25) is 0 Å². The number of thiazole rings is 1. The van der Waals surface area contributed by atoms with Crippen molar-refractivity contribution < 1.29 is 9.53 Å². The molecule has 1 aromatic heterocycles. The van der Waals surface area contributed by atoms with E-state index in [1.807, 2.05) is 26.0 Å². The predicted molar refractivity (Wildman–Crippen MR) is 83.1 cm³/mol. The Hall–Kier alpha value is -1.82. The van der Waals surface area contributed by atoms with Crippen LogP contribution in [0.4, 0.5) is 11.4 Å². The summed E-state index contributed by atoms with van der Waals surface area (Å²) in [6, 6.07) is 3.90. The van der Waals surface area contributed by atoms with Crippen LogP contribution >= 0.6 is 11.3 Å². The third-order valence-corrected chi connectivity index (χ3v) is 3.78. The van der Waals surface area contributed by atoms with E-state index in [2.05, 4.69) is 10.3 Å². The van der Waals surface area contributed by atoms with Crippen LogP contribution in [-0.4, -0.2) is 24.1 Å². The summed E-state index contributed by atoms with van der Waals surface area (Å²) in [5.74, 6) is -0.159. The number of esters is 1. The Bertz CT molecular complexity index is 610. The van der Waals surface area contributed by atoms with Crippen molar-refractivity contribution in [2.75, 3.05) is 24.2 Å². The highest BCUT2D eigenvalue weighted by Gasteiger charge is 2.06. The second-order valence-electron chi connectivity index (χ2n) is 4.48. The molecule has 1 aromatic carbocycles. The number of benzene rings is 1. The Morgan fingerprint density at radius 1 is 1.50 bits per heavy atom. The van der Waals surface area contributed by atoms with Crippen LogP contribution in [0.15, 0.2) is 12.1 Å². The molecule has 0 unspecified atom stereocenters. The third kappa shape index (κ3) is 3.60. The minimum absolute atomic E-state index is 0.159. The summed E-state index contributed by atoms with van der Waals surface area (Å²) in [5.41, 5.74) is 8.54. The zero-order chi connectivity index (χ0) is 14.5. The lowest BCUT2D eigenvalue weighted by Gasteiger charge is -2.09. The van der Waals surface area contributed by atoms with E-state index in [-0.39, 0.29) is 5.97 Å². The first-order chi connectivity index (χ1) is 9.60. The third-order valence-electron chi connectivity index (χ3n) is 2.85. The summed E-state index contributed by atoms with van der Waals surface area (Å²) in [7, 11) is 0. The van der Waals surface area contributed by atoms with Gasteiger partial charge in [0.05, 0.1) is 33.2 Å². The SMILES string of the molecule is CCOC(=O)CCCNc1cc2nc(C)sc2cc1N. The number of aryl methyl sites for hydroxylation is 1. The molecule has 1 heterocycles. The number of nitrogens with one attached hydrogen (secondary N) is 1. The number of anilines is 2. The largest absolute Gasteiger partial charge is 0.466 e. The van der Waals surface area contributed by atoms with Gasteiger partial charge in [-0.1, -0.05) is 0 Å². The molecule has 0 bridgehead atoms. The second-order valence-corrected chi connectivity index (χ2v) is 5.71. The van der Waals surface area contributed by atoms with Gasteiger partial charge in [-0.3, -0.25) is 4.79 Å². The van der Waals surface area contributed by atoms with E-state index in [1.54, 1.807) is 11.3 Å². The fourth-order valence-electron chi connectivity index (χ4n) is 1.95. The minimum atomic E-state index is -0.159. The molecule has 0 saturated carbocycles. The molecule has 0 atom stereocenters. The van der Waals surface area contributed by atoms with E-state index in [4.69, 9.17) is 10.5 Å². The number of carbonyl (C=O) groups is 1. The first-order valence-electron chi connectivity index (χ1n) is 6.66. The van der Waals surface area contributed by atoms with Crippen LogP contribution in [0.5, 0.6) is 0 Å². The molecule has 20 heavy (non-hydrogen) atoms. The number of nitrogens with zero attached hydrogens (tertiary/aromatic N) is 1. The molecule has 0 saturated heterocycles. The smallest absolute Gasteiger partial charge is 0.305 e. The summed E-state index contributed by atoms with van der Waals surface area (Å²) in [6.45, 7) is 4.89. The van der Waals surface area contributed by atoms with Gasteiger partial charge in [0.15, 0.2) is 0 Å². The zero-order valence-electron chi connectivity index (χ0n) is 11.7. The molecule has 0 spiro atoms. The molecule has 5 nitrogen and oxygen atoms in total. The molecule has 6 heteroatoms. The van der Waals surface area contributed by atoms with Gasteiger partial charge in [-0.25, -0.2) is 4.98 Å². The van der Waals surface area contributed by atoms with E-state index in [0.717, 1.165) is 20.9 Å². The van der Waals surface area contributed by atoms with Crippen molar-refractivity contribution in [1.82, 2.24) is 4.98 Å². The van der Waals surface area contributed by atoms with E-state index in [9.17, 15) is 4.79 Å². The van der Waals surface area contributed by atoms with Gasteiger partial charge in [-0.15, -0.1) is 11.3 Å². The van der Waals surface area contributed by atoms with Crippen molar-refractivity contribution in [1.29, 1.82) is 0 Å². The first kappa shape index (κ1) is 14.6. The van der Waals surface area contributed by atoms with Crippen molar-refractivity contribution in [2.24, 2.45) is 0 Å². The fraction of sp³-hybridized carbons (Fsp3) is 0.429. The average molecular weight is 293 g/mol. The molecule has 0 aliphatic carbocycles. The number of ether oxygens (including phenoxy) is 1. The van der Waals surface area contributed by atoms with Crippen LogP contribution in [0.1, 0.15) is 24.8 Å². The number of aromatic nitrogens is 1. The Morgan fingerprint density at radius 2 is 2.30 bits per heavy atom. The Labute approximate surface area is 122 Å². The lowest BCUT2D eigenvalue weighted by molar-refractivity contribution is -0.143. The molecule has 0 fully saturated rings. The van der Waals surface area contributed by atoms with E-state index >= 15 is 0 Å². The molecule has 2 rings (SSSR count). The Kier molecular flexibility index (Phi) is 4.79. The highest BCUT2D eigenvalue weighted by atomic mass is 32.1. The molecule has 0 radical (unpaired) electrons. The van der Waals surface area contributed by atoms with Gasteiger partial charge >= 0.3 is 5.97 Å². The van der Waals surface area contributed by atoms with Gasteiger partial charge in [0.1, 0.15) is 0 Å². The van der Waals surface area contributed by atoms with Crippen LogP contribution in [0.3, 0.4) is 0 Å². The molecular formula is C14H19N3O2S. The van der Waals surface area contributed by atoms with Crippen molar-refractivity contribution in [3.8, 4) is 0 Å². The Balaban J connectivity index is 1.92. The number of fused-ring (bicyclic) bond motifs is 1. The molecule has 0 aliphatic rings. The van der Waals surface area contributed by atoms with Crippen molar-refractivity contribution in [3.63, 3.8) is 0 Å². The van der Waals surface area contributed by atoms with Gasteiger partial charge < -0.3 is 15.8 Å². The van der Waals surface area contributed by atoms with Gasteiger partial charge in [-0.05, 0) is 32.4 Å². The van der Waals surface area contributed by atoms with Crippen LogP contribution in [0, 0.1) is 6.92 Å². The number of nitrogens with two attached hydrogens (primary N) is 1. The minimum Gasteiger partial charge on any atom is -0.466 e. The molecular weight excluding hydrogens is 274 g/mol. The zero-order valence-corrected chi connectivity index (χ0v) is 12.5. The molecule has 2 aromatic rings. The van der Waals surface area contributed by atoms with Gasteiger partial charge in [0, 0.05) is 13.0 Å². The average Bonchev–Trinajstić information content (AvgIpc) is 2.74. The summed E-state index contributed by atoms with van der Waals surface area (Å²) in [5, 5.41) is 4.27. The lowest BCUT2D eigenvalue weighted by Crippen LogP contribution is -2.09. The van der Waals surface area contributed by atoms with Crippen molar-refractivity contribution in [2.45, 2.75) is 26.7 Å². The van der Waals surface area contributed by atoms with Crippen LogP contribution < -0.4 is 11.1 Å². The maximum Gasteiger partial charge on any atom is 0.305 e. The first-order valence-corrected chi connectivity index (χ1v) is 7.48.